The number of methoxy groups -OCH3 is 1. The minimum absolute atomic E-state index is 0.122. The van der Waals surface area contributed by atoms with Crippen molar-refractivity contribution in [1.29, 1.82) is 0 Å². The van der Waals surface area contributed by atoms with Crippen LogP contribution in [0.15, 0.2) is 34.8 Å². The van der Waals surface area contributed by atoms with E-state index in [1.165, 1.54) is 12.0 Å². The van der Waals surface area contributed by atoms with Gasteiger partial charge in [0, 0.05) is 23.0 Å². The molecule has 0 aromatic heterocycles. The minimum Gasteiger partial charge on any atom is -0.500 e. The van der Waals surface area contributed by atoms with Gasteiger partial charge in [-0.1, -0.05) is 39.8 Å². The molecule has 3 nitrogen and oxygen atoms in total. The Kier molecular flexibility index (Phi) is 5.54. The van der Waals surface area contributed by atoms with Crippen molar-refractivity contribution in [2.75, 3.05) is 7.11 Å². The molecule has 0 unspecified atom stereocenters. The first kappa shape index (κ1) is 23.6. The van der Waals surface area contributed by atoms with E-state index in [1.54, 1.807) is 7.11 Å². The Morgan fingerprint density at radius 2 is 1.75 bits per heavy atom. The summed E-state index contributed by atoms with van der Waals surface area (Å²) in [4.78, 5) is 13.7. The fourth-order valence-electron chi connectivity index (χ4n) is 7.85. The predicted molar refractivity (Wildman–Crippen MR) is 130 cm³/mol. The highest BCUT2D eigenvalue weighted by atomic mass is 16.5. The number of carbonyl (C=O) groups is 1. The van der Waals surface area contributed by atoms with Crippen molar-refractivity contribution in [3.8, 4) is 0 Å². The van der Waals surface area contributed by atoms with Gasteiger partial charge in [-0.25, -0.2) is 0 Å². The Hall–Kier alpha value is -1.51. The largest absolute Gasteiger partial charge is 0.500 e. The molecule has 1 aliphatic heterocycles. The lowest BCUT2D eigenvalue weighted by atomic mass is 9.52. The summed E-state index contributed by atoms with van der Waals surface area (Å²) in [5.74, 6) is 3.95. The summed E-state index contributed by atoms with van der Waals surface area (Å²) >= 11 is 0. The van der Waals surface area contributed by atoms with Gasteiger partial charge >= 0.3 is 0 Å². The van der Waals surface area contributed by atoms with Crippen LogP contribution in [0, 0.1) is 40.4 Å². The highest BCUT2D eigenvalue weighted by Gasteiger charge is 2.57. The number of carbonyl (C=O) groups excluding carboxylic acids is 1. The average Bonchev–Trinajstić information content (AvgIpc) is 2.72. The fourth-order valence-corrected chi connectivity index (χ4v) is 7.85. The molecule has 0 amide bonds. The Morgan fingerprint density at radius 1 is 1.09 bits per heavy atom. The normalized spacial score (nSPS) is 38.6. The third-order valence-corrected chi connectivity index (χ3v) is 9.60. The Labute approximate surface area is 195 Å². The van der Waals surface area contributed by atoms with Crippen LogP contribution in [0.4, 0.5) is 0 Å². The Morgan fingerprint density at radius 3 is 2.31 bits per heavy atom. The summed E-state index contributed by atoms with van der Waals surface area (Å²) in [7, 11) is 1.68. The van der Waals surface area contributed by atoms with Gasteiger partial charge in [0.05, 0.1) is 12.5 Å². The second-order valence-electron chi connectivity index (χ2n) is 12.8. The number of ether oxygens (including phenoxy) is 2. The van der Waals surface area contributed by atoms with Gasteiger partial charge in [0.25, 0.3) is 0 Å². The molecule has 4 aliphatic rings. The molecule has 4 rings (SSSR count). The third kappa shape index (κ3) is 3.24. The molecule has 32 heavy (non-hydrogen) atoms. The van der Waals surface area contributed by atoms with Gasteiger partial charge < -0.3 is 9.47 Å². The van der Waals surface area contributed by atoms with Crippen molar-refractivity contribution in [3.63, 3.8) is 0 Å². The molecule has 0 spiro atoms. The molecule has 0 saturated heterocycles. The molecule has 0 bridgehead atoms. The SMILES string of the molecule is C=C1CC[C@@H]2[C@H](C(C)C)C3=C(O[C@@]2(C)CC[C@@H]2[C@@H]1CC2(C)C)C(C)(C)C(OC)=C(C)C3=O. The van der Waals surface area contributed by atoms with Crippen molar-refractivity contribution in [1.82, 2.24) is 0 Å². The Bertz CT molecular complexity index is 899. The number of fused-ring (bicyclic) bond motifs is 2. The smallest absolute Gasteiger partial charge is 0.191 e. The van der Waals surface area contributed by atoms with Gasteiger partial charge in [-0.15, -0.1) is 0 Å². The van der Waals surface area contributed by atoms with Gasteiger partial charge in [0.1, 0.15) is 17.1 Å². The maximum atomic E-state index is 13.7. The van der Waals surface area contributed by atoms with Crippen LogP contribution in [0.1, 0.15) is 87.5 Å². The quantitative estimate of drug-likeness (QED) is 0.425. The molecule has 5 atom stereocenters. The maximum absolute atomic E-state index is 13.7. The van der Waals surface area contributed by atoms with Crippen LogP contribution in [0.2, 0.25) is 0 Å². The van der Waals surface area contributed by atoms with E-state index in [4.69, 9.17) is 9.47 Å². The molecule has 0 aromatic rings. The zero-order valence-corrected chi connectivity index (χ0v) is 21.9. The summed E-state index contributed by atoms with van der Waals surface area (Å²) in [6, 6.07) is 0. The lowest BCUT2D eigenvalue weighted by Crippen LogP contribution is -2.52. The third-order valence-electron chi connectivity index (χ3n) is 9.60. The average molecular weight is 441 g/mol. The van der Waals surface area contributed by atoms with Gasteiger partial charge in [-0.05, 0) is 83.0 Å². The molecule has 2 fully saturated rings. The minimum atomic E-state index is -0.441. The van der Waals surface area contributed by atoms with Crippen LogP contribution < -0.4 is 0 Å². The van der Waals surface area contributed by atoms with Crippen LogP contribution in [0.3, 0.4) is 0 Å². The molecule has 3 aliphatic carbocycles. The van der Waals surface area contributed by atoms with Crippen LogP contribution >= 0.6 is 0 Å². The summed E-state index contributed by atoms with van der Waals surface area (Å²) in [5, 5.41) is 0. The molecular formula is C29H44O3. The monoisotopic (exact) mass is 440 g/mol. The molecule has 3 heteroatoms. The molecule has 0 aromatic carbocycles. The van der Waals surface area contributed by atoms with E-state index in [2.05, 4.69) is 55.0 Å². The summed E-state index contributed by atoms with van der Waals surface area (Å²) < 4.78 is 12.8. The van der Waals surface area contributed by atoms with Gasteiger partial charge in [-0.2, -0.15) is 0 Å². The van der Waals surface area contributed by atoms with E-state index >= 15 is 0 Å². The number of hydrogen-bond donors (Lipinski definition) is 0. The summed E-state index contributed by atoms with van der Waals surface area (Å²) in [6.45, 7) is 22.5. The molecule has 0 N–H and O–H groups in total. The van der Waals surface area contributed by atoms with Crippen molar-refractivity contribution in [3.05, 3.63) is 34.8 Å². The fraction of sp³-hybridized carbons (Fsp3) is 0.759. The topological polar surface area (TPSA) is 35.5 Å². The van der Waals surface area contributed by atoms with Crippen molar-refractivity contribution < 1.29 is 14.3 Å². The first-order chi connectivity index (χ1) is 14.8. The number of hydrogen-bond acceptors (Lipinski definition) is 3. The zero-order chi connectivity index (χ0) is 23.8. The van der Waals surface area contributed by atoms with Crippen molar-refractivity contribution in [2.45, 2.75) is 93.1 Å². The van der Waals surface area contributed by atoms with E-state index in [0.717, 1.165) is 48.3 Å². The van der Waals surface area contributed by atoms with E-state index < -0.39 is 5.41 Å². The van der Waals surface area contributed by atoms with E-state index in [0.29, 0.717) is 29.1 Å². The van der Waals surface area contributed by atoms with Gasteiger partial charge in [0.2, 0.25) is 0 Å². The standard InChI is InChI=1S/C29H44O3/c1-16(2)22-21-12-11-17(3)19-15-27(5,6)20(19)13-14-29(21,9)32-26-23(22)24(30)18(4)25(31-10)28(26,7)8/h16,19-22H,3,11-15H2,1-2,4-10H3/t19-,20-,21-,22+,29+/m1/s1. The lowest BCUT2D eigenvalue weighted by molar-refractivity contribution is -0.129. The second kappa shape index (κ2) is 7.50. The van der Waals surface area contributed by atoms with Gasteiger partial charge in [-0.3, -0.25) is 4.79 Å². The first-order valence-corrected chi connectivity index (χ1v) is 12.7. The number of allylic oxidation sites excluding steroid dienone is 3. The zero-order valence-electron chi connectivity index (χ0n) is 21.9. The molecular weight excluding hydrogens is 396 g/mol. The van der Waals surface area contributed by atoms with E-state index in [9.17, 15) is 4.79 Å². The summed E-state index contributed by atoms with van der Waals surface area (Å²) in [6.07, 6.45) is 5.55. The molecule has 0 radical (unpaired) electrons. The number of Topliss-reactive ketones (excluding diaryl/α,β-unsaturated/α-hetero) is 1. The van der Waals surface area contributed by atoms with Crippen molar-refractivity contribution in [2.24, 2.45) is 40.4 Å². The Balaban J connectivity index is 1.82. The van der Waals surface area contributed by atoms with Crippen LogP contribution in [-0.2, 0) is 14.3 Å². The van der Waals surface area contributed by atoms with Crippen LogP contribution in [-0.4, -0.2) is 18.5 Å². The number of rotatable bonds is 2. The van der Waals surface area contributed by atoms with Crippen LogP contribution in [0.5, 0.6) is 0 Å². The predicted octanol–water partition coefficient (Wildman–Crippen LogP) is 7.24. The maximum Gasteiger partial charge on any atom is 0.191 e. The second-order valence-corrected chi connectivity index (χ2v) is 12.8. The highest BCUT2D eigenvalue weighted by molar-refractivity contribution is 6.10. The van der Waals surface area contributed by atoms with Crippen molar-refractivity contribution >= 4 is 5.78 Å². The summed E-state index contributed by atoms with van der Waals surface area (Å²) in [5.41, 5.74) is 2.73. The van der Waals surface area contributed by atoms with Crippen LogP contribution in [0.25, 0.3) is 0 Å². The lowest BCUT2D eigenvalue weighted by Gasteiger charge is -2.55. The molecule has 178 valence electrons. The van der Waals surface area contributed by atoms with E-state index in [1.807, 2.05) is 6.92 Å². The van der Waals surface area contributed by atoms with Gasteiger partial charge in [0.15, 0.2) is 5.78 Å². The molecule has 2 saturated carbocycles. The molecule has 1 heterocycles. The number of ketones is 1. The highest BCUT2D eigenvalue weighted by Crippen LogP contribution is 2.61. The van der Waals surface area contributed by atoms with E-state index in [-0.39, 0.29) is 17.3 Å². The first-order valence-electron chi connectivity index (χ1n) is 12.7.